The summed E-state index contributed by atoms with van der Waals surface area (Å²) in [7, 11) is 0. The van der Waals surface area contributed by atoms with Gasteiger partial charge in [-0.3, -0.25) is 10.1 Å². The molecule has 1 atom stereocenters. The highest BCUT2D eigenvalue weighted by atomic mass is 19.4. The molecule has 0 radical (unpaired) electrons. The molecule has 0 fully saturated rings. The number of rotatable bonds is 1. The van der Waals surface area contributed by atoms with Gasteiger partial charge in [0.25, 0.3) is 5.91 Å². The highest BCUT2D eigenvalue weighted by Gasteiger charge is 2.50. The summed E-state index contributed by atoms with van der Waals surface area (Å²) in [5.41, 5.74) is 1.40. The summed E-state index contributed by atoms with van der Waals surface area (Å²) < 4.78 is 41.8. The van der Waals surface area contributed by atoms with Gasteiger partial charge in [-0.1, -0.05) is 62.4 Å². The maximum Gasteiger partial charge on any atom is 0.414 e. The number of carbonyl (C=O) groups is 2. The maximum atomic E-state index is 13.9. The first-order chi connectivity index (χ1) is 14.9. The van der Waals surface area contributed by atoms with Crippen LogP contribution in [-0.4, -0.2) is 34.5 Å². The smallest absolute Gasteiger partial charge is 0.356 e. The SMILES string of the molecule is CC.O=C(NC(=O)N1CCc2c([nH]c3ccccc23)C1C(F)(F)F)C1=CC=CC=CC1. The Labute approximate surface area is 178 Å². The molecule has 0 saturated carbocycles. The zero-order valence-corrected chi connectivity index (χ0v) is 17.3. The molecule has 0 bridgehead atoms. The predicted octanol–water partition coefficient (Wildman–Crippen LogP) is 5.33. The van der Waals surface area contributed by atoms with E-state index in [1.165, 1.54) is 6.08 Å². The van der Waals surface area contributed by atoms with Gasteiger partial charge in [-0.15, -0.1) is 0 Å². The summed E-state index contributed by atoms with van der Waals surface area (Å²) in [5, 5.41) is 2.83. The Morgan fingerprint density at radius 1 is 1.13 bits per heavy atom. The molecule has 0 spiro atoms. The number of aromatic nitrogens is 1. The van der Waals surface area contributed by atoms with Gasteiger partial charge in [-0.25, -0.2) is 4.79 Å². The predicted molar refractivity (Wildman–Crippen MR) is 113 cm³/mol. The number of H-pyrrole nitrogens is 1. The average Bonchev–Trinajstić information content (AvgIpc) is 2.92. The normalized spacial score (nSPS) is 17.9. The van der Waals surface area contributed by atoms with E-state index in [1.54, 1.807) is 48.6 Å². The van der Waals surface area contributed by atoms with Crippen LogP contribution in [0.3, 0.4) is 0 Å². The number of nitrogens with one attached hydrogen (secondary N) is 2. The molecule has 3 amide bonds. The van der Waals surface area contributed by atoms with Crippen molar-refractivity contribution in [2.24, 2.45) is 0 Å². The van der Waals surface area contributed by atoms with Crippen LogP contribution in [-0.2, 0) is 11.2 Å². The number of carbonyl (C=O) groups excluding carboxylic acids is 2. The van der Waals surface area contributed by atoms with E-state index in [0.29, 0.717) is 28.0 Å². The number of hydrogen-bond acceptors (Lipinski definition) is 2. The lowest BCUT2D eigenvalue weighted by Gasteiger charge is -2.36. The lowest BCUT2D eigenvalue weighted by Crippen LogP contribution is -2.51. The van der Waals surface area contributed by atoms with Crippen molar-refractivity contribution < 1.29 is 22.8 Å². The van der Waals surface area contributed by atoms with E-state index in [9.17, 15) is 22.8 Å². The number of urea groups is 1. The molecular weight excluding hydrogens is 407 g/mol. The van der Waals surface area contributed by atoms with Crippen LogP contribution in [0.25, 0.3) is 10.9 Å². The summed E-state index contributed by atoms with van der Waals surface area (Å²) in [6.45, 7) is 3.86. The molecule has 1 aliphatic heterocycles. The van der Waals surface area contributed by atoms with Crippen LogP contribution >= 0.6 is 0 Å². The molecule has 1 aromatic carbocycles. The largest absolute Gasteiger partial charge is 0.414 e. The summed E-state index contributed by atoms with van der Waals surface area (Å²) in [6, 6.07) is 3.76. The molecule has 4 rings (SSSR count). The van der Waals surface area contributed by atoms with E-state index in [0.717, 1.165) is 5.39 Å². The van der Waals surface area contributed by atoms with Gasteiger partial charge in [-0.2, -0.15) is 13.2 Å². The van der Waals surface area contributed by atoms with Crippen molar-refractivity contribution in [2.75, 3.05) is 6.54 Å². The number of amides is 3. The van der Waals surface area contributed by atoms with Gasteiger partial charge in [0.05, 0.1) is 5.69 Å². The van der Waals surface area contributed by atoms with Crippen LogP contribution in [0.5, 0.6) is 0 Å². The van der Waals surface area contributed by atoms with E-state index < -0.39 is 24.2 Å². The number of nitrogens with zero attached hydrogens (tertiary/aromatic N) is 1. The van der Waals surface area contributed by atoms with Crippen molar-refractivity contribution in [1.29, 1.82) is 0 Å². The van der Waals surface area contributed by atoms with Crippen molar-refractivity contribution in [3.63, 3.8) is 0 Å². The molecule has 31 heavy (non-hydrogen) atoms. The Morgan fingerprint density at radius 3 is 2.61 bits per heavy atom. The van der Waals surface area contributed by atoms with Gasteiger partial charge in [0.2, 0.25) is 0 Å². The zero-order chi connectivity index (χ0) is 22.6. The van der Waals surface area contributed by atoms with Gasteiger partial charge in [0.1, 0.15) is 0 Å². The van der Waals surface area contributed by atoms with Crippen molar-refractivity contribution in [3.8, 4) is 0 Å². The lowest BCUT2D eigenvalue weighted by molar-refractivity contribution is -0.181. The van der Waals surface area contributed by atoms with Crippen molar-refractivity contribution in [1.82, 2.24) is 15.2 Å². The van der Waals surface area contributed by atoms with Gasteiger partial charge in [0.15, 0.2) is 6.04 Å². The van der Waals surface area contributed by atoms with Crippen LogP contribution in [0.4, 0.5) is 18.0 Å². The van der Waals surface area contributed by atoms with Crippen LogP contribution < -0.4 is 5.32 Å². The summed E-state index contributed by atoms with van der Waals surface area (Å²) >= 11 is 0. The second-order valence-corrected chi connectivity index (χ2v) is 6.92. The monoisotopic (exact) mass is 431 g/mol. The number of para-hydroxylation sites is 1. The quantitative estimate of drug-likeness (QED) is 0.641. The molecule has 2 N–H and O–H groups in total. The maximum absolute atomic E-state index is 13.9. The molecule has 2 aliphatic rings. The van der Waals surface area contributed by atoms with Crippen LogP contribution in [0.2, 0.25) is 0 Å². The molecule has 1 unspecified atom stereocenters. The standard InChI is InChI=1S/C21H18F3N3O2.C2H6/c22-21(23,24)18-17-15(14-9-5-6-10-16(14)25-17)11-12-27(18)20(29)26-19(28)13-7-3-1-2-4-8-13;1-2/h1-7,9-10,18,25H,8,11-12H2,(H,26,28,29);1-2H3. The number of aromatic amines is 1. The molecule has 2 aromatic rings. The Hall–Kier alpha value is -3.29. The Balaban J connectivity index is 0.00000132. The van der Waals surface area contributed by atoms with E-state index in [4.69, 9.17) is 0 Å². The number of fused-ring (bicyclic) bond motifs is 3. The van der Waals surface area contributed by atoms with Crippen molar-refractivity contribution in [2.45, 2.75) is 38.9 Å². The van der Waals surface area contributed by atoms with E-state index in [1.807, 2.05) is 13.8 Å². The minimum Gasteiger partial charge on any atom is -0.356 e. The third-order valence-electron chi connectivity index (χ3n) is 5.11. The average molecular weight is 431 g/mol. The third kappa shape index (κ3) is 4.57. The van der Waals surface area contributed by atoms with Gasteiger partial charge in [0, 0.05) is 23.0 Å². The first-order valence-electron chi connectivity index (χ1n) is 10.2. The third-order valence-corrected chi connectivity index (χ3v) is 5.11. The molecule has 0 saturated heterocycles. The topological polar surface area (TPSA) is 65.2 Å². The molecule has 2 heterocycles. The molecular formula is C23H24F3N3O2. The Kier molecular flexibility index (Phi) is 6.68. The van der Waals surface area contributed by atoms with Crippen LogP contribution in [0.15, 0.2) is 60.2 Å². The number of imide groups is 1. The van der Waals surface area contributed by atoms with E-state index in [-0.39, 0.29) is 18.7 Å². The van der Waals surface area contributed by atoms with Gasteiger partial charge < -0.3 is 9.88 Å². The lowest BCUT2D eigenvalue weighted by atomic mass is 9.97. The Morgan fingerprint density at radius 2 is 1.87 bits per heavy atom. The van der Waals surface area contributed by atoms with Gasteiger partial charge >= 0.3 is 12.2 Å². The summed E-state index contributed by atoms with van der Waals surface area (Å²) in [4.78, 5) is 28.5. The molecule has 1 aliphatic carbocycles. The second-order valence-electron chi connectivity index (χ2n) is 6.92. The molecule has 8 heteroatoms. The number of benzene rings is 1. The summed E-state index contributed by atoms with van der Waals surface area (Å²) in [5.74, 6) is -0.699. The highest BCUT2D eigenvalue weighted by molar-refractivity contribution is 6.04. The minimum absolute atomic E-state index is 0.0490. The number of alkyl halides is 3. The van der Waals surface area contributed by atoms with Crippen molar-refractivity contribution >= 4 is 22.8 Å². The fourth-order valence-electron chi connectivity index (χ4n) is 3.80. The molecule has 164 valence electrons. The zero-order valence-electron chi connectivity index (χ0n) is 17.3. The van der Waals surface area contributed by atoms with Crippen molar-refractivity contribution in [3.05, 3.63) is 71.5 Å². The summed E-state index contributed by atoms with van der Waals surface area (Å²) in [6.07, 6.45) is 4.25. The number of halogens is 3. The fourth-order valence-corrected chi connectivity index (χ4v) is 3.80. The Bertz CT molecular complexity index is 1060. The first kappa shape index (κ1) is 22.4. The highest BCUT2D eigenvalue weighted by Crippen LogP contribution is 2.43. The van der Waals surface area contributed by atoms with Gasteiger partial charge in [-0.05, 0) is 24.5 Å². The fraction of sp³-hybridized carbons (Fsp3) is 0.304. The minimum atomic E-state index is -4.69. The number of hydrogen-bond donors (Lipinski definition) is 2. The molecule has 1 aromatic heterocycles. The number of allylic oxidation sites excluding steroid dienone is 5. The second kappa shape index (κ2) is 9.24. The van der Waals surface area contributed by atoms with Crippen LogP contribution in [0, 0.1) is 0 Å². The molecule has 5 nitrogen and oxygen atoms in total. The van der Waals surface area contributed by atoms with E-state index >= 15 is 0 Å². The first-order valence-corrected chi connectivity index (χ1v) is 10.2. The van der Waals surface area contributed by atoms with E-state index in [2.05, 4.69) is 10.3 Å². The van der Waals surface area contributed by atoms with Crippen LogP contribution in [0.1, 0.15) is 37.6 Å².